The molecule has 0 saturated carbocycles. The molecule has 0 radical (unpaired) electrons. The summed E-state index contributed by atoms with van der Waals surface area (Å²) in [5.41, 5.74) is 22.2. The molecule has 11 rings (SSSR count). The minimum absolute atomic E-state index is 0.0684. The SMILES string of the molecule is CC(C)c1cccc(C(C)C)c1B1c2cc3c(cc2-n2c4ccccc4c4cccc1c42)B(c1c(C(C)C)cccc1C(C)C)c1cccc2c4ccccc4n-3c12. The summed E-state index contributed by atoms with van der Waals surface area (Å²) in [7, 11) is 0. The predicted octanol–water partition coefficient (Wildman–Crippen LogP) is 10.0. The summed E-state index contributed by atoms with van der Waals surface area (Å²) in [6.45, 7) is 19.1. The highest BCUT2D eigenvalue weighted by Gasteiger charge is 2.42. The minimum Gasteiger partial charge on any atom is -0.310 e. The third-order valence-electron chi connectivity index (χ3n) is 13.8. The Hall–Kier alpha value is -5.73. The number of hydrogen-bond acceptors (Lipinski definition) is 0. The Bertz CT molecular complexity index is 2890. The largest absolute Gasteiger partial charge is 0.310 e. The number of nitrogens with zero attached hydrogens (tertiary/aromatic N) is 2. The Kier molecular flexibility index (Phi) is 7.87. The smallest absolute Gasteiger partial charge is 0.247 e. The topological polar surface area (TPSA) is 9.86 Å². The van der Waals surface area contributed by atoms with Crippen molar-refractivity contribution in [1.29, 1.82) is 0 Å². The van der Waals surface area contributed by atoms with Crippen molar-refractivity contribution in [2.75, 3.05) is 0 Å². The third kappa shape index (κ3) is 4.75. The van der Waals surface area contributed by atoms with E-state index >= 15 is 0 Å². The van der Waals surface area contributed by atoms with E-state index in [0.29, 0.717) is 23.7 Å². The van der Waals surface area contributed by atoms with Crippen molar-refractivity contribution in [3.63, 3.8) is 0 Å². The van der Waals surface area contributed by atoms with Crippen LogP contribution in [0.3, 0.4) is 0 Å². The maximum atomic E-state index is 2.65. The molecule has 2 aliphatic heterocycles. The first kappa shape index (κ1) is 35.4. The van der Waals surface area contributed by atoms with E-state index in [1.54, 1.807) is 0 Å². The maximum absolute atomic E-state index is 2.65. The van der Waals surface area contributed by atoms with E-state index < -0.39 is 0 Å². The van der Waals surface area contributed by atoms with Crippen LogP contribution in [0, 0.1) is 0 Å². The summed E-state index contributed by atoms with van der Waals surface area (Å²) in [5.74, 6) is 1.53. The number of rotatable bonds is 6. The van der Waals surface area contributed by atoms with Gasteiger partial charge < -0.3 is 9.13 Å². The van der Waals surface area contributed by atoms with Crippen molar-refractivity contribution >= 4 is 89.8 Å². The van der Waals surface area contributed by atoms with E-state index in [2.05, 4.69) is 198 Å². The van der Waals surface area contributed by atoms with Gasteiger partial charge in [-0.05, 0) is 92.0 Å². The van der Waals surface area contributed by atoms with Crippen molar-refractivity contribution < 1.29 is 0 Å². The van der Waals surface area contributed by atoms with Crippen molar-refractivity contribution in [2.24, 2.45) is 0 Å². The number of fused-ring (bicyclic) bond motifs is 10. The zero-order valence-corrected chi connectivity index (χ0v) is 35.1. The molecule has 0 fully saturated rings. The number of benzene rings is 7. The lowest BCUT2D eigenvalue weighted by atomic mass is 9.31. The van der Waals surface area contributed by atoms with Gasteiger partial charge in [0.2, 0.25) is 13.4 Å². The molecule has 0 saturated heterocycles. The van der Waals surface area contributed by atoms with Crippen molar-refractivity contribution in [3.8, 4) is 11.4 Å². The maximum Gasteiger partial charge on any atom is 0.247 e. The molecule has 2 nitrogen and oxygen atoms in total. The van der Waals surface area contributed by atoms with E-state index in [1.165, 1.54) is 110 Å². The zero-order valence-electron chi connectivity index (χ0n) is 35.1. The molecule has 0 unspecified atom stereocenters. The second kappa shape index (κ2) is 12.9. The molecule has 0 amide bonds. The monoisotopic (exact) mass is 748 g/mol. The van der Waals surface area contributed by atoms with Crippen LogP contribution >= 0.6 is 0 Å². The molecule has 2 aliphatic rings. The molecule has 2 aromatic heterocycles. The normalized spacial score (nSPS) is 13.4. The van der Waals surface area contributed by atoms with Gasteiger partial charge in [-0.15, -0.1) is 0 Å². The van der Waals surface area contributed by atoms with Crippen molar-refractivity contribution in [2.45, 2.75) is 79.1 Å². The van der Waals surface area contributed by atoms with Crippen LogP contribution in [0.25, 0.3) is 55.0 Å². The lowest BCUT2D eigenvalue weighted by molar-refractivity contribution is 0.845. The predicted molar refractivity (Wildman–Crippen MR) is 254 cm³/mol. The first-order chi connectivity index (χ1) is 28.2. The second-order valence-corrected chi connectivity index (χ2v) is 18.3. The molecular formula is C54H50B2N2. The quantitative estimate of drug-likeness (QED) is 0.150. The van der Waals surface area contributed by atoms with Gasteiger partial charge in [0.1, 0.15) is 0 Å². The highest BCUT2D eigenvalue weighted by molar-refractivity contribution is 7.00. The molecule has 0 N–H and O–H groups in total. The Morgan fingerprint density at radius 2 is 0.672 bits per heavy atom. The van der Waals surface area contributed by atoms with Crippen LogP contribution in [0.1, 0.15) is 101 Å². The molecule has 0 aliphatic carbocycles. The summed E-state index contributed by atoms with van der Waals surface area (Å²) in [4.78, 5) is 0. The van der Waals surface area contributed by atoms with Crippen LogP contribution in [0.5, 0.6) is 0 Å². The molecule has 0 spiro atoms. The van der Waals surface area contributed by atoms with Gasteiger partial charge in [-0.3, -0.25) is 0 Å². The van der Waals surface area contributed by atoms with E-state index in [-0.39, 0.29) is 13.4 Å². The minimum atomic E-state index is 0.0684. The molecule has 0 bridgehead atoms. The Labute approximate surface area is 343 Å². The van der Waals surface area contributed by atoms with Gasteiger partial charge in [-0.1, -0.05) is 176 Å². The van der Waals surface area contributed by atoms with Gasteiger partial charge in [-0.2, -0.15) is 0 Å². The van der Waals surface area contributed by atoms with Crippen molar-refractivity contribution in [3.05, 3.63) is 156 Å². The van der Waals surface area contributed by atoms with Gasteiger partial charge >= 0.3 is 0 Å². The zero-order chi connectivity index (χ0) is 39.7. The molecule has 0 atom stereocenters. The summed E-state index contributed by atoms with van der Waals surface area (Å²) in [6.07, 6.45) is 0. The molecule has 58 heavy (non-hydrogen) atoms. The average molecular weight is 749 g/mol. The van der Waals surface area contributed by atoms with Gasteiger partial charge in [-0.25, -0.2) is 0 Å². The van der Waals surface area contributed by atoms with Gasteiger partial charge in [0.25, 0.3) is 0 Å². The molecular weight excluding hydrogens is 698 g/mol. The molecule has 7 aromatic carbocycles. The molecule has 282 valence electrons. The van der Waals surface area contributed by atoms with Crippen LogP contribution < -0.4 is 32.8 Å². The van der Waals surface area contributed by atoms with E-state index in [1.807, 2.05) is 0 Å². The highest BCUT2D eigenvalue weighted by Crippen LogP contribution is 2.38. The lowest BCUT2D eigenvalue weighted by Crippen LogP contribution is -2.61. The van der Waals surface area contributed by atoms with E-state index in [0.717, 1.165) is 0 Å². The number of aromatic nitrogens is 2. The molecule has 4 heterocycles. The summed E-state index contributed by atoms with van der Waals surface area (Å²) in [5, 5.41) is 5.30. The van der Waals surface area contributed by atoms with E-state index in [4.69, 9.17) is 0 Å². The fourth-order valence-electron chi connectivity index (χ4n) is 11.4. The number of para-hydroxylation sites is 4. The van der Waals surface area contributed by atoms with Crippen LogP contribution in [0.2, 0.25) is 0 Å². The second-order valence-electron chi connectivity index (χ2n) is 18.3. The summed E-state index contributed by atoms with van der Waals surface area (Å²) >= 11 is 0. The van der Waals surface area contributed by atoms with Crippen LogP contribution in [0.15, 0.2) is 133 Å². The first-order valence-corrected chi connectivity index (χ1v) is 21.6. The summed E-state index contributed by atoms with van der Waals surface area (Å²) in [6, 6.07) is 51.9. The van der Waals surface area contributed by atoms with Crippen LogP contribution in [-0.4, -0.2) is 22.6 Å². The standard InChI is InChI=1S/C54H50B2N2/c1-31(2)35-19-13-20-36(32(3)4)51(35)55-43-25-15-23-41-39-17-9-11-27-47(39)57(53(41)43)49-30-46-50(29-45(49)55)58-48-28-12-10-18-40(48)42-24-16-26-44(54(42)58)56(46)52-37(33(5)6)21-14-22-38(52)34(7)8/h9-34H,1-8H3. The highest BCUT2D eigenvalue weighted by atomic mass is 15.0. The lowest BCUT2D eigenvalue weighted by Gasteiger charge is -2.35. The fraction of sp³-hybridized carbons (Fsp3) is 0.222. The van der Waals surface area contributed by atoms with Crippen LogP contribution in [-0.2, 0) is 0 Å². The number of hydrogen-bond donors (Lipinski definition) is 0. The average Bonchev–Trinajstić information content (AvgIpc) is 3.75. The molecule has 4 heteroatoms. The van der Waals surface area contributed by atoms with Gasteiger partial charge in [0.05, 0.1) is 11.0 Å². The first-order valence-electron chi connectivity index (χ1n) is 21.6. The van der Waals surface area contributed by atoms with Gasteiger partial charge in [0, 0.05) is 44.0 Å². The third-order valence-corrected chi connectivity index (χ3v) is 13.8. The van der Waals surface area contributed by atoms with Crippen molar-refractivity contribution in [1.82, 2.24) is 9.13 Å². The van der Waals surface area contributed by atoms with Crippen LogP contribution in [0.4, 0.5) is 0 Å². The Morgan fingerprint density at radius 1 is 0.345 bits per heavy atom. The summed E-state index contributed by atoms with van der Waals surface area (Å²) < 4.78 is 5.27. The van der Waals surface area contributed by atoms with Gasteiger partial charge in [0.15, 0.2) is 0 Å². The Balaban J connectivity index is 1.36. The molecule has 9 aromatic rings. The van der Waals surface area contributed by atoms with E-state index in [9.17, 15) is 0 Å². The fourth-order valence-corrected chi connectivity index (χ4v) is 11.4. The Morgan fingerprint density at radius 3 is 1.03 bits per heavy atom.